The summed E-state index contributed by atoms with van der Waals surface area (Å²) in [5.74, 6) is -0.174. The van der Waals surface area contributed by atoms with Gasteiger partial charge in [0.25, 0.3) is 0 Å². The molecule has 0 unspecified atom stereocenters. The third-order valence-electron chi connectivity index (χ3n) is 3.54. The van der Waals surface area contributed by atoms with Crippen LogP contribution in [0.1, 0.15) is 27.9 Å². The van der Waals surface area contributed by atoms with Crippen LogP contribution in [0.4, 0.5) is 11.4 Å². The number of halogens is 1. The molecular formula is C16H13ClN2O2. The van der Waals surface area contributed by atoms with E-state index in [1.54, 1.807) is 36.4 Å². The predicted octanol–water partition coefficient (Wildman–Crippen LogP) is 3.04. The first-order chi connectivity index (χ1) is 10.1. The summed E-state index contributed by atoms with van der Waals surface area (Å²) in [5.41, 5.74) is 8.76. The van der Waals surface area contributed by atoms with Crippen LogP contribution in [-0.4, -0.2) is 11.7 Å². The van der Waals surface area contributed by atoms with E-state index in [0.29, 0.717) is 29.7 Å². The number of fused-ring (bicyclic) bond motifs is 1. The fourth-order valence-electron chi connectivity index (χ4n) is 2.41. The summed E-state index contributed by atoms with van der Waals surface area (Å²) in [6.45, 7) is 0. The molecule has 2 aromatic carbocycles. The van der Waals surface area contributed by atoms with E-state index in [1.807, 2.05) is 0 Å². The van der Waals surface area contributed by atoms with E-state index in [4.69, 9.17) is 17.3 Å². The van der Waals surface area contributed by atoms with Gasteiger partial charge in [-0.25, -0.2) is 0 Å². The molecule has 106 valence electrons. The molecule has 1 heterocycles. The number of rotatable bonds is 2. The van der Waals surface area contributed by atoms with E-state index in [2.05, 4.69) is 5.32 Å². The Morgan fingerprint density at radius 1 is 1.19 bits per heavy atom. The van der Waals surface area contributed by atoms with Gasteiger partial charge in [-0.15, -0.1) is 0 Å². The Kier molecular flexibility index (Phi) is 3.39. The molecule has 0 radical (unpaired) electrons. The highest BCUT2D eigenvalue weighted by Gasteiger charge is 2.19. The van der Waals surface area contributed by atoms with E-state index in [-0.39, 0.29) is 16.7 Å². The number of aryl methyl sites for hydroxylation is 1. The van der Waals surface area contributed by atoms with Crippen molar-refractivity contribution < 1.29 is 9.59 Å². The lowest BCUT2D eigenvalue weighted by atomic mass is 9.96. The monoisotopic (exact) mass is 300 g/mol. The molecule has 3 rings (SSSR count). The zero-order valence-electron chi connectivity index (χ0n) is 11.2. The Labute approximate surface area is 126 Å². The maximum atomic E-state index is 12.5. The van der Waals surface area contributed by atoms with Crippen molar-refractivity contribution in [1.29, 1.82) is 0 Å². The highest BCUT2D eigenvalue weighted by molar-refractivity contribution is 6.37. The number of nitrogens with two attached hydrogens (primary N) is 1. The molecule has 0 saturated carbocycles. The molecule has 0 aromatic heterocycles. The van der Waals surface area contributed by atoms with E-state index < -0.39 is 0 Å². The SMILES string of the molecule is Nc1cccc(C(=O)c2ccc3c(c2)CCC(=O)N3)c1Cl. The number of anilines is 2. The summed E-state index contributed by atoms with van der Waals surface area (Å²) < 4.78 is 0. The smallest absolute Gasteiger partial charge is 0.224 e. The van der Waals surface area contributed by atoms with Crippen LogP contribution in [0.2, 0.25) is 5.02 Å². The minimum absolute atomic E-state index is 0.000420. The van der Waals surface area contributed by atoms with Gasteiger partial charge in [0.1, 0.15) is 0 Å². The summed E-state index contributed by atoms with van der Waals surface area (Å²) in [4.78, 5) is 23.9. The normalized spacial score (nSPS) is 13.5. The van der Waals surface area contributed by atoms with E-state index in [1.165, 1.54) is 0 Å². The number of nitrogen functional groups attached to an aromatic ring is 1. The molecule has 1 amide bonds. The standard InChI is InChI=1S/C16H13ClN2O2/c17-15-11(2-1-3-12(15)18)16(21)10-4-6-13-9(8-10)5-7-14(20)19-13/h1-4,6,8H,5,7,18H2,(H,19,20). The summed E-state index contributed by atoms with van der Waals surface area (Å²) in [7, 11) is 0. The summed E-state index contributed by atoms with van der Waals surface area (Å²) in [6.07, 6.45) is 1.07. The molecule has 0 bridgehead atoms. The number of carbonyl (C=O) groups excluding carboxylic acids is 2. The molecule has 0 spiro atoms. The average Bonchev–Trinajstić information content (AvgIpc) is 2.49. The number of benzene rings is 2. The van der Waals surface area contributed by atoms with Crippen LogP contribution >= 0.6 is 11.6 Å². The van der Waals surface area contributed by atoms with Gasteiger partial charge in [0.05, 0.1) is 10.7 Å². The van der Waals surface area contributed by atoms with Gasteiger partial charge in [-0.1, -0.05) is 17.7 Å². The van der Waals surface area contributed by atoms with Crippen LogP contribution in [-0.2, 0) is 11.2 Å². The second-order valence-corrected chi connectivity index (χ2v) is 5.34. The van der Waals surface area contributed by atoms with Crippen LogP contribution in [0.15, 0.2) is 36.4 Å². The van der Waals surface area contributed by atoms with Crippen LogP contribution in [0.25, 0.3) is 0 Å². The molecule has 1 aliphatic heterocycles. The Morgan fingerprint density at radius 2 is 2.00 bits per heavy atom. The molecule has 0 aliphatic carbocycles. The van der Waals surface area contributed by atoms with Gasteiger partial charge < -0.3 is 11.1 Å². The third kappa shape index (κ3) is 2.50. The van der Waals surface area contributed by atoms with Crippen LogP contribution in [0, 0.1) is 0 Å². The molecule has 0 fully saturated rings. The fourth-order valence-corrected chi connectivity index (χ4v) is 2.62. The van der Waals surface area contributed by atoms with Gasteiger partial charge in [0.2, 0.25) is 5.91 Å². The second-order valence-electron chi connectivity index (χ2n) is 4.96. The highest BCUT2D eigenvalue weighted by Crippen LogP contribution is 2.28. The van der Waals surface area contributed by atoms with Crippen molar-refractivity contribution in [2.24, 2.45) is 0 Å². The van der Waals surface area contributed by atoms with Crippen LogP contribution in [0.3, 0.4) is 0 Å². The summed E-state index contributed by atoms with van der Waals surface area (Å²) in [6, 6.07) is 10.2. The zero-order valence-corrected chi connectivity index (χ0v) is 11.9. The van der Waals surface area contributed by atoms with E-state index >= 15 is 0 Å². The minimum Gasteiger partial charge on any atom is -0.398 e. The molecule has 5 heteroatoms. The van der Waals surface area contributed by atoms with Crippen molar-refractivity contribution in [2.75, 3.05) is 11.1 Å². The Balaban J connectivity index is 1.99. The topological polar surface area (TPSA) is 72.2 Å². The molecule has 4 nitrogen and oxygen atoms in total. The quantitative estimate of drug-likeness (QED) is 0.661. The summed E-state index contributed by atoms with van der Waals surface area (Å²) >= 11 is 6.10. The molecule has 3 N–H and O–H groups in total. The van der Waals surface area contributed by atoms with Gasteiger partial charge in [0.15, 0.2) is 5.78 Å². The van der Waals surface area contributed by atoms with Crippen molar-refractivity contribution in [2.45, 2.75) is 12.8 Å². The highest BCUT2D eigenvalue weighted by atomic mass is 35.5. The molecule has 0 atom stereocenters. The number of carbonyl (C=O) groups is 2. The lowest BCUT2D eigenvalue weighted by molar-refractivity contribution is -0.116. The first-order valence-corrected chi connectivity index (χ1v) is 6.95. The summed E-state index contributed by atoms with van der Waals surface area (Å²) in [5, 5.41) is 3.06. The Hall–Kier alpha value is -2.33. The average molecular weight is 301 g/mol. The largest absolute Gasteiger partial charge is 0.398 e. The molecule has 1 aliphatic rings. The van der Waals surface area contributed by atoms with E-state index in [0.717, 1.165) is 11.3 Å². The van der Waals surface area contributed by atoms with E-state index in [9.17, 15) is 9.59 Å². The Bertz CT molecular complexity index is 756. The van der Waals surface area contributed by atoms with Crippen molar-refractivity contribution in [1.82, 2.24) is 0 Å². The van der Waals surface area contributed by atoms with Crippen molar-refractivity contribution >= 4 is 34.7 Å². The number of amides is 1. The lowest BCUT2D eigenvalue weighted by Gasteiger charge is -2.17. The lowest BCUT2D eigenvalue weighted by Crippen LogP contribution is -2.19. The second kappa shape index (κ2) is 5.22. The molecule has 0 saturated heterocycles. The third-order valence-corrected chi connectivity index (χ3v) is 3.96. The molecular weight excluding hydrogens is 288 g/mol. The zero-order chi connectivity index (χ0) is 15.0. The van der Waals surface area contributed by atoms with Crippen LogP contribution in [0.5, 0.6) is 0 Å². The van der Waals surface area contributed by atoms with Gasteiger partial charge >= 0.3 is 0 Å². The number of hydrogen-bond acceptors (Lipinski definition) is 3. The minimum atomic E-state index is -0.174. The first kappa shape index (κ1) is 13.6. The molecule has 2 aromatic rings. The number of hydrogen-bond donors (Lipinski definition) is 2. The number of ketones is 1. The van der Waals surface area contributed by atoms with Gasteiger partial charge in [-0.3, -0.25) is 9.59 Å². The van der Waals surface area contributed by atoms with Gasteiger partial charge in [0, 0.05) is 23.2 Å². The fraction of sp³-hybridized carbons (Fsp3) is 0.125. The maximum absolute atomic E-state index is 12.5. The van der Waals surface area contributed by atoms with Gasteiger partial charge in [-0.05, 0) is 42.3 Å². The predicted molar refractivity (Wildman–Crippen MR) is 82.7 cm³/mol. The Morgan fingerprint density at radius 3 is 2.81 bits per heavy atom. The first-order valence-electron chi connectivity index (χ1n) is 6.58. The van der Waals surface area contributed by atoms with Crippen LogP contribution < -0.4 is 11.1 Å². The van der Waals surface area contributed by atoms with Crippen molar-refractivity contribution in [3.8, 4) is 0 Å². The maximum Gasteiger partial charge on any atom is 0.224 e. The number of nitrogens with one attached hydrogen (secondary N) is 1. The van der Waals surface area contributed by atoms with Crippen molar-refractivity contribution in [3.63, 3.8) is 0 Å². The van der Waals surface area contributed by atoms with Gasteiger partial charge in [-0.2, -0.15) is 0 Å². The molecule has 21 heavy (non-hydrogen) atoms. The van der Waals surface area contributed by atoms with Crippen molar-refractivity contribution in [3.05, 3.63) is 58.1 Å².